The molecule has 2 aliphatic carbocycles. The van der Waals surface area contributed by atoms with Crippen LogP contribution in [0.1, 0.15) is 64.2 Å². The molecule has 0 aromatic heterocycles. The molecule has 0 saturated heterocycles. The van der Waals surface area contributed by atoms with Crippen LogP contribution in [0.25, 0.3) is 5.41 Å². The maximum atomic E-state index is 7.13. The average molecular weight is 240 g/mol. The Labute approximate surface area is 105 Å². The zero-order valence-electron chi connectivity index (χ0n) is 10.2. The van der Waals surface area contributed by atoms with Crippen LogP contribution < -0.4 is 5.32 Å². The lowest BCUT2D eigenvalue weighted by atomic mass is 9.91. The fourth-order valence-corrected chi connectivity index (χ4v) is 3.04. The van der Waals surface area contributed by atoms with Crippen LogP contribution in [0.2, 0.25) is 0 Å². The topological polar surface area (TPSA) is 38.9 Å². The summed E-state index contributed by atoms with van der Waals surface area (Å²) in [7, 11) is 0. The van der Waals surface area contributed by atoms with E-state index in [0.29, 0.717) is 0 Å². The molecule has 16 heavy (non-hydrogen) atoms. The van der Waals surface area contributed by atoms with Crippen molar-refractivity contribution < 1.29 is 5.32 Å². The van der Waals surface area contributed by atoms with Gasteiger partial charge in [0, 0.05) is 0 Å². The van der Waals surface area contributed by atoms with E-state index in [4.69, 9.17) is 5.41 Å². The van der Waals surface area contributed by atoms with Crippen molar-refractivity contribution in [2.75, 3.05) is 0 Å². The van der Waals surface area contributed by atoms with Crippen molar-refractivity contribution in [1.29, 1.82) is 0 Å². The predicted octanol–water partition coefficient (Wildman–Crippen LogP) is 2.87. The lowest BCUT2D eigenvalue weighted by Crippen LogP contribution is -2.95. The van der Waals surface area contributed by atoms with Crippen LogP contribution >= 0.6 is 12.2 Å². The van der Waals surface area contributed by atoms with Gasteiger partial charge in [-0.3, -0.25) is 0 Å². The molecule has 0 bridgehead atoms. The standard InChI is InChI=1S/C12H23N.CNS/c1-3-7-11(8-4-1)13-12-9-5-2-6-10-12;2-1-3/h11-13H,1-10H2;/q;-1/p+1. The van der Waals surface area contributed by atoms with Gasteiger partial charge >= 0.3 is 0 Å². The van der Waals surface area contributed by atoms with Crippen LogP contribution in [-0.4, -0.2) is 17.2 Å². The normalized spacial score (nSPS) is 23.0. The van der Waals surface area contributed by atoms with E-state index in [9.17, 15) is 0 Å². The summed E-state index contributed by atoms with van der Waals surface area (Å²) in [6.45, 7) is 0. The van der Waals surface area contributed by atoms with Gasteiger partial charge in [0.2, 0.25) is 0 Å². The fourth-order valence-electron chi connectivity index (χ4n) is 3.04. The smallest absolute Gasteiger partial charge is 0.0861 e. The Hall–Kier alpha value is -0.240. The van der Waals surface area contributed by atoms with Crippen LogP contribution in [-0.2, 0) is 0 Å². The van der Waals surface area contributed by atoms with E-state index in [2.05, 4.69) is 17.5 Å². The first kappa shape index (κ1) is 13.8. The van der Waals surface area contributed by atoms with Crippen LogP contribution in [0.3, 0.4) is 0 Å². The molecule has 2 rings (SSSR count). The maximum absolute atomic E-state index is 7.13. The molecule has 0 atom stereocenters. The molecule has 0 unspecified atom stereocenters. The number of isothiocyanates is 1. The van der Waals surface area contributed by atoms with Gasteiger partial charge in [-0.2, -0.15) is 5.16 Å². The highest BCUT2D eigenvalue weighted by Crippen LogP contribution is 2.18. The molecular weight excluding hydrogens is 216 g/mol. The molecule has 2 nitrogen and oxygen atoms in total. The van der Waals surface area contributed by atoms with Crippen LogP contribution in [0, 0.1) is 0 Å². The zero-order valence-corrected chi connectivity index (χ0v) is 11.0. The number of thiocarbonyl (C=S) groups is 1. The Morgan fingerprint density at radius 3 is 1.44 bits per heavy atom. The van der Waals surface area contributed by atoms with Gasteiger partial charge in [-0.1, -0.05) is 25.1 Å². The minimum absolute atomic E-state index is 0.997. The summed E-state index contributed by atoms with van der Waals surface area (Å²) >= 11 is 3.70. The molecule has 0 aliphatic heterocycles. The molecular formula is C13H24N2S. The van der Waals surface area contributed by atoms with Crippen LogP contribution in [0.15, 0.2) is 0 Å². The second-order valence-electron chi connectivity index (χ2n) is 5.08. The molecule has 3 heteroatoms. The predicted molar refractivity (Wildman–Crippen MR) is 71.6 cm³/mol. The summed E-state index contributed by atoms with van der Waals surface area (Å²) in [5, 5.41) is 11.2. The third-order valence-electron chi connectivity index (χ3n) is 3.84. The largest absolute Gasteiger partial charge is 0.753 e. The summed E-state index contributed by atoms with van der Waals surface area (Å²) < 4.78 is 0. The van der Waals surface area contributed by atoms with Crippen molar-refractivity contribution in [2.24, 2.45) is 0 Å². The first-order chi connectivity index (χ1) is 7.86. The third-order valence-corrected chi connectivity index (χ3v) is 3.84. The number of hydrogen-bond donors (Lipinski definition) is 1. The molecule has 0 spiro atoms. The molecule has 2 fully saturated rings. The summed E-state index contributed by atoms with van der Waals surface area (Å²) in [5.41, 5.74) is 0. The number of rotatable bonds is 2. The molecule has 92 valence electrons. The molecule has 0 radical (unpaired) electrons. The molecule has 2 N–H and O–H groups in total. The van der Waals surface area contributed by atoms with Gasteiger partial charge in [-0.15, -0.1) is 0 Å². The van der Waals surface area contributed by atoms with E-state index in [1.165, 1.54) is 69.4 Å². The van der Waals surface area contributed by atoms with Gasteiger partial charge in [0.1, 0.15) is 0 Å². The minimum atomic E-state index is 0.997. The highest BCUT2D eigenvalue weighted by atomic mass is 32.1. The number of quaternary nitrogens is 1. The Kier molecular flexibility index (Phi) is 7.65. The Morgan fingerprint density at radius 1 is 0.812 bits per heavy atom. The van der Waals surface area contributed by atoms with Crippen molar-refractivity contribution in [2.45, 2.75) is 76.3 Å². The van der Waals surface area contributed by atoms with E-state index in [1.807, 2.05) is 0 Å². The summed E-state index contributed by atoms with van der Waals surface area (Å²) in [6, 6.07) is 1.99. The molecule has 0 aromatic carbocycles. The Bertz CT molecular complexity index is 184. The lowest BCUT2D eigenvalue weighted by molar-refractivity contribution is -0.725. The molecule has 2 saturated carbocycles. The summed E-state index contributed by atoms with van der Waals surface area (Å²) in [6.07, 6.45) is 15.0. The van der Waals surface area contributed by atoms with Gasteiger partial charge in [-0.05, 0) is 51.4 Å². The van der Waals surface area contributed by atoms with E-state index >= 15 is 0 Å². The van der Waals surface area contributed by atoms with Gasteiger partial charge < -0.3 is 10.7 Å². The van der Waals surface area contributed by atoms with Gasteiger partial charge in [0.15, 0.2) is 0 Å². The minimum Gasteiger partial charge on any atom is -0.753 e. The van der Waals surface area contributed by atoms with E-state index < -0.39 is 0 Å². The van der Waals surface area contributed by atoms with E-state index in [0.717, 1.165) is 12.1 Å². The first-order valence-corrected chi connectivity index (χ1v) is 7.14. The van der Waals surface area contributed by atoms with Crippen molar-refractivity contribution in [1.82, 2.24) is 0 Å². The van der Waals surface area contributed by atoms with E-state index in [1.54, 1.807) is 0 Å². The monoisotopic (exact) mass is 240 g/mol. The molecule has 0 heterocycles. The van der Waals surface area contributed by atoms with Crippen molar-refractivity contribution in [3.8, 4) is 0 Å². The third kappa shape index (κ3) is 5.74. The fraction of sp³-hybridized carbons (Fsp3) is 0.923. The highest BCUT2D eigenvalue weighted by molar-refractivity contribution is 7.78. The Balaban J connectivity index is 0.000000386. The average Bonchev–Trinajstić information content (AvgIpc) is 2.33. The molecule has 2 aliphatic rings. The van der Waals surface area contributed by atoms with Crippen molar-refractivity contribution >= 4 is 17.4 Å². The van der Waals surface area contributed by atoms with Gasteiger partial charge in [0.05, 0.1) is 12.1 Å². The number of nitrogens with zero attached hydrogens (tertiary/aromatic N) is 1. The second kappa shape index (κ2) is 8.86. The maximum Gasteiger partial charge on any atom is 0.0861 e. The van der Waals surface area contributed by atoms with E-state index in [-0.39, 0.29) is 0 Å². The first-order valence-electron chi connectivity index (χ1n) is 6.73. The second-order valence-corrected chi connectivity index (χ2v) is 5.26. The highest BCUT2D eigenvalue weighted by Gasteiger charge is 2.22. The van der Waals surface area contributed by atoms with Gasteiger partial charge in [-0.25, -0.2) is 0 Å². The van der Waals surface area contributed by atoms with Crippen molar-refractivity contribution in [3.05, 3.63) is 5.41 Å². The molecule has 0 amide bonds. The molecule has 0 aromatic rings. The zero-order chi connectivity index (χ0) is 11.6. The summed E-state index contributed by atoms with van der Waals surface area (Å²) in [4.78, 5) is 0. The number of hydrogen-bond acceptors (Lipinski definition) is 1. The lowest BCUT2D eigenvalue weighted by Gasteiger charge is -2.27. The van der Waals surface area contributed by atoms with Crippen LogP contribution in [0.4, 0.5) is 0 Å². The van der Waals surface area contributed by atoms with Crippen LogP contribution in [0.5, 0.6) is 0 Å². The number of nitrogens with two attached hydrogens (primary N) is 1. The quantitative estimate of drug-likeness (QED) is 0.585. The van der Waals surface area contributed by atoms with Crippen molar-refractivity contribution in [3.63, 3.8) is 0 Å². The Morgan fingerprint density at radius 2 is 1.12 bits per heavy atom. The summed E-state index contributed by atoms with van der Waals surface area (Å²) in [5.74, 6) is 0. The SMILES string of the molecule is C1CCC([NH2+]C2CCCCC2)CC1.[N-]=C=S. The van der Waals surface area contributed by atoms with Gasteiger partial charge in [0.25, 0.3) is 0 Å².